The van der Waals surface area contributed by atoms with Crippen LogP contribution in [0.3, 0.4) is 0 Å². The summed E-state index contributed by atoms with van der Waals surface area (Å²) in [5, 5.41) is 2.89. The molecule has 168 valence electrons. The molecule has 3 amide bonds. The fourth-order valence-corrected chi connectivity index (χ4v) is 4.83. The number of benzene rings is 2. The molecule has 2 aromatic rings. The van der Waals surface area contributed by atoms with Crippen molar-refractivity contribution in [2.45, 2.75) is 24.2 Å². The molecule has 2 heterocycles. The topological polar surface area (TPSA) is 79.0 Å². The fourth-order valence-electron chi connectivity index (χ4n) is 3.90. The summed E-state index contributed by atoms with van der Waals surface area (Å²) in [6.45, 7) is 2.08. The molecule has 2 aliphatic heterocycles. The smallest absolute Gasteiger partial charge is 0.254 e. The van der Waals surface area contributed by atoms with Gasteiger partial charge in [-0.3, -0.25) is 14.4 Å². The summed E-state index contributed by atoms with van der Waals surface area (Å²) in [7, 11) is 1.63. The van der Waals surface area contributed by atoms with E-state index in [4.69, 9.17) is 4.74 Å². The van der Waals surface area contributed by atoms with Gasteiger partial charge in [-0.15, -0.1) is 11.8 Å². The maximum absolute atomic E-state index is 13.0. The molecule has 1 N–H and O–H groups in total. The molecule has 0 atom stereocenters. The monoisotopic (exact) mass is 453 g/mol. The first kappa shape index (κ1) is 22.2. The molecule has 1 saturated heterocycles. The summed E-state index contributed by atoms with van der Waals surface area (Å²) in [5.74, 6) is 1.55. The van der Waals surface area contributed by atoms with Crippen molar-refractivity contribution in [3.8, 4) is 5.75 Å². The Morgan fingerprint density at radius 3 is 2.47 bits per heavy atom. The van der Waals surface area contributed by atoms with Crippen LogP contribution in [0.15, 0.2) is 47.4 Å². The van der Waals surface area contributed by atoms with Crippen LogP contribution in [0.4, 0.5) is 5.69 Å². The number of hydrogen-bond donors (Lipinski definition) is 1. The number of nitrogens with zero attached hydrogens (tertiary/aromatic N) is 2. The Morgan fingerprint density at radius 2 is 1.75 bits per heavy atom. The lowest BCUT2D eigenvalue weighted by atomic mass is 10.1. The van der Waals surface area contributed by atoms with Gasteiger partial charge in [0.1, 0.15) is 5.75 Å². The Hall–Kier alpha value is -3.00. The van der Waals surface area contributed by atoms with E-state index in [1.54, 1.807) is 29.8 Å². The maximum atomic E-state index is 13.0. The van der Waals surface area contributed by atoms with Crippen molar-refractivity contribution in [1.82, 2.24) is 9.80 Å². The van der Waals surface area contributed by atoms with Crippen molar-refractivity contribution >= 4 is 35.2 Å². The molecule has 32 heavy (non-hydrogen) atoms. The Bertz CT molecular complexity index is 1000. The van der Waals surface area contributed by atoms with Crippen molar-refractivity contribution in [2.24, 2.45) is 0 Å². The van der Waals surface area contributed by atoms with Gasteiger partial charge in [-0.2, -0.15) is 0 Å². The van der Waals surface area contributed by atoms with Gasteiger partial charge < -0.3 is 19.9 Å². The standard InChI is InChI=1S/C24H27N3O4S/c1-31-19-6-2-17(3-7-19)4-9-23(29)26-11-13-27(14-12-26)24(30)18-5-8-21-20(16-18)25-22(28)10-15-32-21/h2-3,5-8,16H,4,9-15H2,1H3,(H,25,28). The number of carbonyl (C=O) groups is 3. The summed E-state index contributed by atoms with van der Waals surface area (Å²) < 4.78 is 5.16. The highest BCUT2D eigenvalue weighted by Gasteiger charge is 2.25. The van der Waals surface area contributed by atoms with Crippen molar-refractivity contribution in [2.75, 3.05) is 44.4 Å². The molecular formula is C24H27N3O4S. The van der Waals surface area contributed by atoms with Crippen LogP contribution in [-0.2, 0) is 16.0 Å². The van der Waals surface area contributed by atoms with Gasteiger partial charge >= 0.3 is 0 Å². The van der Waals surface area contributed by atoms with E-state index in [1.165, 1.54) is 0 Å². The second-order valence-corrected chi connectivity index (χ2v) is 9.02. The average molecular weight is 454 g/mol. The van der Waals surface area contributed by atoms with Gasteiger partial charge in [-0.1, -0.05) is 12.1 Å². The Balaban J connectivity index is 1.29. The van der Waals surface area contributed by atoms with Crippen LogP contribution < -0.4 is 10.1 Å². The maximum Gasteiger partial charge on any atom is 0.254 e. The molecule has 1 fully saturated rings. The second-order valence-electron chi connectivity index (χ2n) is 7.88. The highest BCUT2D eigenvalue weighted by molar-refractivity contribution is 7.99. The average Bonchev–Trinajstić information content (AvgIpc) is 3.02. The van der Waals surface area contributed by atoms with Crippen molar-refractivity contribution in [3.63, 3.8) is 0 Å². The molecule has 4 rings (SSSR count). The van der Waals surface area contributed by atoms with E-state index in [0.717, 1.165) is 22.0 Å². The predicted molar refractivity (Wildman–Crippen MR) is 124 cm³/mol. The third-order valence-electron chi connectivity index (χ3n) is 5.79. The van der Waals surface area contributed by atoms with Crippen LogP contribution in [0.25, 0.3) is 0 Å². The number of ether oxygens (including phenoxy) is 1. The molecule has 0 saturated carbocycles. The first-order chi connectivity index (χ1) is 15.5. The number of carbonyl (C=O) groups excluding carboxylic acids is 3. The van der Waals surface area contributed by atoms with E-state index in [2.05, 4.69) is 5.32 Å². The second kappa shape index (κ2) is 10.1. The molecular weight excluding hydrogens is 426 g/mol. The number of amides is 3. The Labute approximate surface area is 192 Å². The zero-order valence-electron chi connectivity index (χ0n) is 18.1. The van der Waals surface area contributed by atoms with Gasteiger partial charge in [0.05, 0.1) is 12.8 Å². The molecule has 0 radical (unpaired) electrons. The van der Waals surface area contributed by atoms with E-state index in [-0.39, 0.29) is 17.7 Å². The summed E-state index contributed by atoms with van der Waals surface area (Å²) in [6, 6.07) is 13.2. The molecule has 0 aromatic heterocycles. The molecule has 2 aromatic carbocycles. The van der Waals surface area contributed by atoms with Gasteiger partial charge in [0.15, 0.2) is 0 Å². The highest BCUT2D eigenvalue weighted by atomic mass is 32.2. The van der Waals surface area contributed by atoms with E-state index in [0.29, 0.717) is 56.7 Å². The van der Waals surface area contributed by atoms with Crippen LogP contribution in [0.1, 0.15) is 28.8 Å². The molecule has 0 bridgehead atoms. The first-order valence-electron chi connectivity index (χ1n) is 10.8. The lowest BCUT2D eigenvalue weighted by Gasteiger charge is -2.35. The van der Waals surface area contributed by atoms with Gasteiger partial charge in [-0.05, 0) is 42.3 Å². The van der Waals surface area contributed by atoms with E-state index < -0.39 is 0 Å². The van der Waals surface area contributed by atoms with Gasteiger partial charge in [0.2, 0.25) is 11.8 Å². The minimum atomic E-state index is -0.0679. The number of piperazine rings is 1. The quantitative estimate of drug-likeness (QED) is 0.753. The number of nitrogens with one attached hydrogen (secondary N) is 1. The molecule has 8 heteroatoms. The minimum absolute atomic E-state index is 0.0254. The third kappa shape index (κ3) is 5.24. The van der Waals surface area contributed by atoms with Gasteiger partial charge in [0.25, 0.3) is 5.91 Å². The molecule has 2 aliphatic rings. The summed E-state index contributed by atoms with van der Waals surface area (Å²) in [6.07, 6.45) is 1.60. The Morgan fingerprint density at radius 1 is 1.03 bits per heavy atom. The zero-order chi connectivity index (χ0) is 22.5. The minimum Gasteiger partial charge on any atom is -0.497 e. The van der Waals surface area contributed by atoms with Crippen molar-refractivity contribution in [3.05, 3.63) is 53.6 Å². The van der Waals surface area contributed by atoms with Crippen LogP contribution in [-0.4, -0.2) is 66.6 Å². The summed E-state index contributed by atoms with van der Waals surface area (Å²) in [5.41, 5.74) is 2.36. The lowest BCUT2D eigenvalue weighted by molar-refractivity contribution is -0.132. The predicted octanol–water partition coefficient (Wildman–Crippen LogP) is 3.05. The first-order valence-corrected chi connectivity index (χ1v) is 11.8. The normalized spacial score (nSPS) is 16.1. The van der Waals surface area contributed by atoms with Crippen LogP contribution in [0.5, 0.6) is 5.75 Å². The zero-order valence-corrected chi connectivity index (χ0v) is 19.0. The van der Waals surface area contributed by atoms with Gasteiger partial charge in [0, 0.05) is 55.2 Å². The third-order valence-corrected chi connectivity index (χ3v) is 6.87. The van der Waals surface area contributed by atoms with Gasteiger partial charge in [-0.25, -0.2) is 0 Å². The molecule has 0 spiro atoms. The number of rotatable bonds is 5. The lowest BCUT2D eigenvalue weighted by Crippen LogP contribution is -2.50. The number of hydrogen-bond acceptors (Lipinski definition) is 5. The molecule has 0 aliphatic carbocycles. The SMILES string of the molecule is COc1ccc(CCC(=O)N2CCN(C(=O)c3ccc4c(c3)NC(=O)CCS4)CC2)cc1. The largest absolute Gasteiger partial charge is 0.497 e. The number of anilines is 1. The fraction of sp³-hybridized carbons (Fsp3) is 0.375. The molecule has 0 unspecified atom stereocenters. The van der Waals surface area contributed by atoms with Crippen molar-refractivity contribution in [1.29, 1.82) is 0 Å². The van der Waals surface area contributed by atoms with Crippen LogP contribution >= 0.6 is 11.8 Å². The van der Waals surface area contributed by atoms with Crippen molar-refractivity contribution < 1.29 is 19.1 Å². The number of aryl methyl sites for hydroxylation is 1. The van der Waals surface area contributed by atoms with Crippen LogP contribution in [0, 0.1) is 0 Å². The van der Waals surface area contributed by atoms with Crippen LogP contribution in [0.2, 0.25) is 0 Å². The summed E-state index contributed by atoms with van der Waals surface area (Å²) >= 11 is 1.62. The highest BCUT2D eigenvalue weighted by Crippen LogP contribution is 2.31. The van der Waals surface area contributed by atoms with E-state index in [1.807, 2.05) is 41.3 Å². The summed E-state index contributed by atoms with van der Waals surface area (Å²) in [4.78, 5) is 42.0. The Kier molecular flexibility index (Phi) is 6.99. The van der Waals surface area contributed by atoms with E-state index in [9.17, 15) is 14.4 Å². The number of thioether (sulfide) groups is 1. The number of fused-ring (bicyclic) bond motifs is 1. The number of methoxy groups -OCH3 is 1. The van der Waals surface area contributed by atoms with E-state index >= 15 is 0 Å². The molecule has 7 nitrogen and oxygen atoms in total.